The van der Waals surface area contributed by atoms with Crippen LogP contribution >= 0.6 is 11.8 Å². The molecule has 0 saturated carbocycles. The van der Waals surface area contributed by atoms with Crippen molar-refractivity contribution in [3.63, 3.8) is 0 Å². The quantitative estimate of drug-likeness (QED) is 0.940. The van der Waals surface area contributed by atoms with Gasteiger partial charge in [0.25, 0.3) is 0 Å². The summed E-state index contributed by atoms with van der Waals surface area (Å²) in [6, 6.07) is 9.82. The zero-order valence-corrected chi connectivity index (χ0v) is 12.2. The predicted molar refractivity (Wildman–Crippen MR) is 79.1 cm³/mol. The third-order valence-corrected chi connectivity index (χ3v) is 4.51. The highest BCUT2D eigenvalue weighted by molar-refractivity contribution is 7.99. The van der Waals surface area contributed by atoms with Crippen molar-refractivity contribution in [2.24, 2.45) is 0 Å². The topological polar surface area (TPSA) is 47.3 Å². The number of para-hydroxylation sites is 1. The summed E-state index contributed by atoms with van der Waals surface area (Å²) in [6.07, 6.45) is 1.84. The standard InChI is InChI=1S/C15H18N2O2S/c1-2-9-17-11(7-8-16-17)15(18)13-10-20-14-6-4-3-5-12(14)19-13/h3-8,13,15,18H,2,9-10H2,1H3. The van der Waals surface area contributed by atoms with Gasteiger partial charge in [0, 0.05) is 23.4 Å². The molecule has 20 heavy (non-hydrogen) atoms. The highest BCUT2D eigenvalue weighted by Gasteiger charge is 2.29. The number of rotatable bonds is 4. The molecule has 1 aromatic carbocycles. The minimum Gasteiger partial charge on any atom is -0.485 e. The van der Waals surface area contributed by atoms with Crippen molar-refractivity contribution in [2.45, 2.75) is 37.0 Å². The van der Waals surface area contributed by atoms with Crippen molar-refractivity contribution in [3.05, 3.63) is 42.2 Å². The molecule has 2 atom stereocenters. The van der Waals surface area contributed by atoms with E-state index >= 15 is 0 Å². The summed E-state index contributed by atoms with van der Waals surface area (Å²) in [5.74, 6) is 1.60. The molecule has 5 heteroatoms. The van der Waals surface area contributed by atoms with Crippen LogP contribution in [0.2, 0.25) is 0 Å². The van der Waals surface area contributed by atoms with E-state index in [2.05, 4.69) is 12.0 Å². The molecule has 2 aromatic rings. The second-order valence-electron chi connectivity index (χ2n) is 4.84. The van der Waals surface area contributed by atoms with Crippen LogP contribution in [-0.4, -0.2) is 26.7 Å². The van der Waals surface area contributed by atoms with Crippen molar-refractivity contribution >= 4 is 11.8 Å². The molecule has 106 valence electrons. The zero-order chi connectivity index (χ0) is 13.9. The number of hydrogen-bond donors (Lipinski definition) is 1. The molecule has 2 unspecified atom stereocenters. The fourth-order valence-corrected chi connectivity index (χ4v) is 3.40. The predicted octanol–water partition coefficient (Wildman–Crippen LogP) is 2.88. The smallest absolute Gasteiger partial charge is 0.140 e. The number of thioether (sulfide) groups is 1. The van der Waals surface area contributed by atoms with Gasteiger partial charge in [-0.05, 0) is 24.6 Å². The van der Waals surface area contributed by atoms with Crippen molar-refractivity contribution in [2.75, 3.05) is 5.75 Å². The van der Waals surface area contributed by atoms with Crippen LogP contribution in [0.4, 0.5) is 0 Å². The zero-order valence-electron chi connectivity index (χ0n) is 11.4. The van der Waals surface area contributed by atoms with E-state index in [0.29, 0.717) is 0 Å². The van der Waals surface area contributed by atoms with E-state index in [1.165, 1.54) is 0 Å². The van der Waals surface area contributed by atoms with E-state index < -0.39 is 6.10 Å². The van der Waals surface area contributed by atoms with Gasteiger partial charge in [-0.25, -0.2) is 0 Å². The Balaban J connectivity index is 1.78. The van der Waals surface area contributed by atoms with Crippen LogP contribution in [0, 0.1) is 0 Å². The van der Waals surface area contributed by atoms with Crippen molar-refractivity contribution in [1.82, 2.24) is 9.78 Å². The minimum absolute atomic E-state index is 0.234. The van der Waals surface area contributed by atoms with Gasteiger partial charge in [0.1, 0.15) is 18.0 Å². The van der Waals surface area contributed by atoms with Crippen molar-refractivity contribution in [3.8, 4) is 5.75 Å². The molecular weight excluding hydrogens is 272 g/mol. The van der Waals surface area contributed by atoms with Crippen molar-refractivity contribution < 1.29 is 9.84 Å². The van der Waals surface area contributed by atoms with Gasteiger partial charge in [-0.2, -0.15) is 5.10 Å². The molecule has 0 fully saturated rings. The number of aliphatic hydroxyl groups excluding tert-OH is 1. The van der Waals surface area contributed by atoms with Crippen LogP contribution in [0.3, 0.4) is 0 Å². The Morgan fingerprint density at radius 1 is 1.45 bits per heavy atom. The lowest BCUT2D eigenvalue weighted by Gasteiger charge is -2.29. The molecule has 4 nitrogen and oxygen atoms in total. The van der Waals surface area contributed by atoms with Gasteiger partial charge in [0.2, 0.25) is 0 Å². The molecule has 0 amide bonds. The second kappa shape index (κ2) is 5.89. The van der Waals surface area contributed by atoms with Crippen LogP contribution in [0.1, 0.15) is 25.1 Å². The molecule has 1 aromatic heterocycles. The molecule has 0 bridgehead atoms. The average molecular weight is 290 g/mol. The Kier molecular flexibility index (Phi) is 3.98. The summed E-state index contributed by atoms with van der Waals surface area (Å²) in [5, 5.41) is 14.8. The van der Waals surface area contributed by atoms with E-state index in [1.807, 2.05) is 35.0 Å². The highest BCUT2D eigenvalue weighted by Crippen LogP contribution is 2.38. The Hall–Kier alpha value is -1.46. The maximum Gasteiger partial charge on any atom is 0.140 e. The van der Waals surface area contributed by atoms with Crippen LogP contribution in [0.5, 0.6) is 5.75 Å². The third-order valence-electron chi connectivity index (χ3n) is 3.37. The largest absolute Gasteiger partial charge is 0.485 e. The Morgan fingerprint density at radius 2 is 2.30 bits per heavy atom. The Labute approximate surface area is 122 Å². The molecular formula is C15H18N2O2S. The molecule has 0 aliphatic carbocycles. The fourth-order valence-electron chi connectivity index (χ4n) is 2.37. The summed E-state index contributed by atoms with van der Waals surface area (Å²) in [6.45, 7) is 2.91. The third kappa shape index (κ3) is 2.55. The molecule has 1 aliphatic rings. The first-order valence-electron chi connectivity index (χ1n) is 6.88. The van der Waals surface area contributed by atoms with Crippen LogP contribution < -0.4 is 4.74 Å². The van der Waals surface area contributed by atoms with Gasteiger partial charge in [0.05, 0.1) is 5.69 Å². The van der Waals surface area contributed by atoms with E-state index in [-0.39, 0.29) is 6.10 Å². The maximum atomic E-state index is 10.6. The summed E-state index contributed by atoms with van der Waals surface area (Å²) in [7, 11) is 0. The summed E-state index contributed by atoms with van der Waals surface area (Å²) >= 11 is 1.73. The van der Waals surface area contributed by atoms with Gasteiger partial charge in [-0.1, -0.05) is 19.1 Å². The van der Waals surface area contributed by atoms with E-state index in [1.54, 1.807) is 18.0 Å². The van der Waals surface area contributed by atoms with Gasteiger partial charge in [-0.3, -0.25) is 4.68 Å². The van der Waals surface area contributed by atoms with E-state index in [9.17, 15) is 5.11 Å². The molecule has 1 aliphatic heterocycles. The van der Waals surface area contributed by atoms with Crippen LogP contribution in [0.25, 0.3) is 0 Å². The Morgan fingerprint density at radius 3 is 3.15 bits per heavy atom. The number of fused-ring (bicyclic) bond motifs is 1. The molecule has 0 saturated heterocycles. The Bertz CT molecular complexity index is 585. The number of aryl methyl sites for hydroxylation is 1. The van der Waals surface area contributed by atoms with E-state index in [0.717, 1.165) is 35.1 Å². The monoisotopic (exact) mass is 290 g/mol. The number of aliphatic hydroxyl groups is 1. The first-order chi connectivity index (χ1) is 9.79. The lowest BCUT2D eigenvalue weighted by atomic mass is 10.1. The molecule has 1 N–H and O–H groups in total. The van der Waals surface area contributed by atoms with E-state index in [4.69, 9.17) is 4.74 Å². The maximum absolute atomic E-state index is 10.6. The SMILES string of the molecule is CCCn1nccc1C(O)C1CSc2ccccc2O1. The number of benzene rings is 1. The number of ether oxygens (including phenoxy) is 1. The molecule has 2 heterocycles. The van der Waals surface area contributed by atoms with Crippen LogP contribution in [0.15, 0.2) is 41.4 Å². The first kappa shape index (κ1) is 13.5. The van der Waals surface area contributed by atoms with Gasteiger partial charge in [-0.15, -0.1) is 11.8 Å². The van der Waals surface area contributed by atoms with Crippen molar-refractivity contribution in [1.29, 1.82) is 0 Å². The lowest BCUT2D eigenvalue weighted by molar-refractivity contribution is 0.0396. The normalized spacial score (nSPS) is 19.2. The summed E-state index contributed by atoms with van der Waals surface area (Å²) in [5.41, 5.74) is 0.830. The number of hydrogen-bond acceptors (Lipinski definition) is 4. The van der Waals surface area contributed by atoms with Gasteiger partial charge < -0.3 is 9.84 Å². The highest BCUT2D eigenvalue weighted by atomic mass is 32.2. The average Bonchev–Trinajstić information content (AvgIpc) is 2.94. The number of aromatic nitrogens is 2. The van der Waals surface area contributed by atoms with Crippen LogP contribution in [-0.2, 0) is 6.54 Å². The van der Waals surface area contributed by atoms with Gasteiger partial charge in [0.15, 0.2) is 0 Å². The molecule has 3 rings (SSSR count). The first-order valence-corrected chi connectivity index (χ1v) is 7.86. The summed E-state index contributed by atoms with van der Waals surface area (Å²) < 4.78 is 7.80. The fraction of sp³-hybridized carbons (Fsp3) is 0.400. The second-order valence-corrected chi connectivity index (χ2v) is 5.90. The molecule has 0 radical (unpaired) electrons. The minimum atomic E-state index is -0.648. The lowest BCUT2D eigenvalue weighted by Crippen LogP contribution is -2.31. The number of nitrogens with zero attached hydrogens (tertiary/aromatic N) is 2. The summed E-state index contributed by atoms with van der Waals surface area (Å²) in [4.78, 5) is 1.14. The molecule has 0 spiro atoms. The van der Waals surface area contributed by atoms with Gasteiger partial charge >= 0.3 is 0 Å².